The van der Waals surface area contributed by atoms with Crippen LogP contribution in [0.15, 0.2) is 30.6 Å². The van der Waals surface area contributed by atoms with E-state index < -0.39 is 0 Å². The number of nitrogens with zero attached hydrogens (tertiary/aromatic N) is 1. The topological polar surface area (TPSA) is 110 Å². The summed E-state index contributed by atoms with van der Waals surface area (Å²) in [6.07, 6.45) is 3.08. The number of aromatic amines is 1. The molecule has 2 rings (SSSR count). The normalized spacial score (nSPS) is 10.0. The van der Waals surface area contributed by atoms with Gasteiger partial charge < -0.3 is 16.8 Å². The zero-order valence-electron chi connectivity index (χ0n) is 8.40. The number of nitrogen functional groups attached to an aromatic ring is 2. The average Bonchev–Trinajstić information content (AvgIpc) is 2.70. The van der Waals surface area contributed by atoms with E-state index in [2.05, 4.69) is 15.5 Å². The summed E-state index contributed by atoms with van der Waals surface area (Å²) in [5.74, 6) is -0.293. The summed E-state index contributed by atoms with van der Waals surface area (Å²) < 4.78 is 0. The minimum atomic E-state index is -0.293. The number of hydrogen-bond donors (Lipinski definition) is 4. The number of nitrogens with two attached hydrogens (primary N) is 2. The summed E-state index contributed by atoms with van der Waals surface area (Å²) in [6, 6.07) is 4.75. The molecule has 1 heterocycles. The molecule has 6 heteroatoms. The molecule has 6 N–H and O–H groups in total. The third-order valence-corrected chi connectivity index (χ3v) is 2.08. The summed E-state index contributed by atoms with van der Waals surface area (Å²) in [4.78, 5) is 11.8. The summed E-state index contributed by atoms with van der Waals surface area (Å²) >= 11 is 0. The van der Waals surface area contributed by atoms with Crippen molar-refractivity contribution in [1.29, 1.82) is 0 Å². The highest BCUT2D eigenvalue weighted by Gasteiger charge is 2.10. The summed E-state index contributed by atoms with van der Waals surface area (Å²) in [5.41, 5.74) is 13.1. The number of nitrogens with one attached hydrogen (secondary N) is 2. The molecule has 0 spiro atoms. The first-order chi connectivity index (χ1) is 7.66. The lowest BCUT2D eigenvalue weighted by Gasteiger charge is -2.06. The van der Waals surface area contributed by atoms with E-state index in [-0.39, 0.29) is 5.91 Å². The molecule has 2 aromatic rings. The van der Waals surface area contributed by atoms with Gasteiger partial charge in [-0.05, 0) is 18.2 Å². The smallest absolute Gasteiger partial charge is 0.257 e. The van der Waals surface area contributed by atoms with Crippen LogP contribution in [0.2, 0.25) is 0 Å². The van der Waals surface area contributed by atoms with Crippen molar-refractivity contribution in [3.8, 4) is 0 Å². The summed E-state index contributed by atoms with van der Waals surface area (Å²) in [7, 11) is 0. The van der Waals surface area contributed by atoms with E-state index in [1.807, 2.05) is 0 Å². The standard InChI is InChI=1S/C10H11N5O/c11-6-1-2-8(9(12)3-6)10(16)15-7-4-13-14-5-7/h1-5H,11-12H2,(H,13,14)(H,15,16). The number of carbonyl (C=O) groups excluding carboxylic acids is 1. The number of benzene rings is 1. The van der Waals surface area contributed by atoms with Crippen molar-refractivity contribution >= 4 is 23.0 Å². The van der Waals surface area contributed by atoms with Crippen LogP contribution in [-0.4, -0.2) is 16.1 Å². The summed E-state index contributed by atoms with van der Waals surface area (Å²) in [6.45, 7) is 0. The Morgan fingerprint density at radius 2 is 2.19 bits per heavy atom. The second-order valence-electron chi connectivity index (χ2n) is 3.29. The fourth-order valence-corrected chi connectivity index (χ4v) is 1.31. The molecule has 0 radical (unpaired) electrons. The van der Waals surface area contributed by atoms with Gasteiger partial charge in [0.2, 0.25) is 0 Å². The lowest BCUT2D eigenvalue weighted by atomic mass is 10.1. The Balaban J connectivity index is 2.21. The maximum Gasteiger partial charge on any atom is 0.257 e. The SMILES string of the molecule is Nc1ccc(C(=O)Nc2cn[nH]c2)c(N)c1. The van der Waals surface area contributed by atoms with Crippen molar-refractivity contribution in [2.24, 2.45) is 0 Å². The van der Waals surface area contributed by atoms with Crippen LogP contribution >= 0.6 is 0 Å². The number of anilines is 3. The first kappa shape index (κ1) is 10.0. The lowest BCUT2D eigenvalue weighted by molar-refractivity contribution is 0.102. The number of hydrogen-bond acceptors (Lipinski definition) is 4. The number of rotatable bonds is 2. The van der Waals surface area contributed by atoms with Gasteiger partial charge in [-0.25, -0.2) is 0 Å². The molecule has 0 aliphatic carbocycles. The predicted octanol–water partition coefficient (Wildman–Crippen LogP) is 0.826. The Kier molecular flexibility index (Phi) is 2.47. The molecular formula is C10H11N5O. The van der Waals surface area contributed by atoms with Crippen molar-refractivity contribution < 1.29 is 4.79 Å². The molecule has 0 aliphatic heterocycles. The third-order valence-electron chi connectivity index (χ3n) is 2.08. The van der Waals surface area contributed by atoms with Gasteiger partial charge >= 0.3 is 0 Å². The van der Waals surface area contributed by atoms with Gasteiger partial charge in [0.05, 0.1) is 17.4 Å². The number of H-pyrrole nitrogens is 1. The van der Waals surface area contributed by atoms with E-state index in [0.717, 1.165) is 0 Å². The molecule has 1 aromatic heterocycles. The molecule has 6 nitrogen and oxygen atoms in total. The highest BCUT2D eigenvalue weighted by atomic mass is 16.1. The van der Waals surface area contributed by atoms with E-state index >= 15 is 0 Å². The Labute approximate surface area is 91.6 Å². The van der Waals surface area contributed by atoms with Crippen LogP contribution in [0.5, 0.6) is 0 Å². The van der Waals surface area contributed by atoms with Crippen molar-refractivity contribution in [1.82, 2.24) is 10.2 Å². The molecular weight excluding hydrogens is 206 g/mol. The maximum absolute atomic E-state index is 11.8. The molecule has 1 aromatic carbocycles. The van der Waals surface area contributed by atoms with Crippen LogP contribution in [-0.2, 0) is 0 Å². The molecule has 82 valence electrons. The van der Waals surface area contributed by atoms with Crippen LogP contribution in [0.25, 0.3) is 0 Å². The lowest BCUT2D eigenvalue weighted by Crippen LogP contribution is -2.13. The predicted molar refractivity (Wildman–Crippen MR) is 61.8 cm³/mol. The zero-order valence-corrected chi connectivity index (χ0v) is 8.40. The number of aromatic nitrogens is 2. The Bertz CT molecular complexity index is 506. The first-order valence-electron chi connectivity index (χ1n) is 4.62. The molecule has 0 aliphatic rings. The minimum absolute atomic E-state index is 0.293. The van der Waals surface area contributed by atoms with Crippen LogP contribution < -0.4 is 16.8 Å². The fourth-order valence-electron chi connectivity index (χ4n) is 1.31. The Morgan fingerprint density at radius 1 is 1.38 bits per heavy atom. The van der Waals surface area contributed by atoms with Gasteiger partial charge in [0, 0.05) is 17.6 Å². The summed E-state index contributed by atoms with van der Waals surface area (Å²) in [5, 5.41) is 8.95. The average molecular weight is 217 g/mol. The van der Waals surface area contributed by atoms with Crippen LogP contribution in [0.4, 0.5) is 17.1 Å². The minimum Gasteiger partial charge on any atom is -0.399 e. The molecule has 1 amide bonds. The number of carbonyl (C=O) groups is 1. The van der Waals surface area contributed by atoms with Crippen molar-refractivity contribution in [3.63, 3.8) is 0 Å². The highest BCUT2D eigenvalue weighted by Crippen LogP contribution is 2.17. The van der Waals surface area contributed by atoms with Crippen molar-refractivity contribution in [2.45, 2.75) is 0 Å². The Hall–Kier alpha value is -2.50. The van der Waals surface area contributed by atoms with Gasteiger partial charge in [-0.1, -0.05) is 0 Å². The monoisotopic (exact) mass is 217 g/mol. The van der Waals surface area contributed by atoms with Crippen LogP contribution in [0.3, 0.4) is 0 Å². The van der Waals surface area contributed by atoms with Crippen molar-refractivity contribution in [2.75, 3.05) is 16.8 Å². The third kappa shape index (κ3) is 1.95. The first-order valence-corrected chi connectivity index (χ1v) is 4.62. The van der Waals surface area contributed by atoms with Gasteiger partial charge in [-0.15, -0.1) is 0 Å². The molecule has 16 heavy (non-hydrogen) atoms. The fraction of sp³-hybridized carbons (Fsp3) is 0. The molecule has 0 fully saturated rings. The van der Waals surface area contributed by atoms with E-state index in [1.165, 1.54) is 6.20 Å². The van der Waals surface area contributed by atoms with E-state index in [4.69, 9.17) is 11.5 Å². The highest BCUT2D eigenvalue weighted by molar-refractivity contribution is 6.07. The van der Waals surface area contributed by atoms with Gasteiger partial charge in [0.1, 0.15) is 0 Å². The molecule has 0 unspecified atom stereocenters. The van der Waals surface area contributed by atoms with E-state index in [9.17, 15) is 4.79 Å². The second kappa shape index (κ2) is 3.93. The van der Waals surface area contributed by atoms with Crippen LogP contribution in [0.1, 0.15) is 10.4 Å². The van der Waals surface area contributed by atoms with Gasteiger partial charge in [-0.2, -0.15) is 5.10 Å². The number of amides is 1. The largest absolute Gasteiger partial charge is 0.399 e. The van der Waals surface area contributed by atoms with Gasteiger partial charge in [-0.3, -0.25) is 9.89 Å². The van der Waals surface area contributed by atoms with E-state index in [0.29, 0.717) is 22.6 Å². The van der Waals surface area contributed by atoms with Crippen LogP contribution in [0, 0.1) is 0 Å². The zero-order chi connectivity index (χ0) is 11.5. The maximum atomic E-state index is 11.8. The molecule has 0 saturated carbocycles. The van der Waals surface area contributed by atoms with Gasteiger partial charge in [0.25, 0.3) is 5.91 Å². The second-order valence-corrected chi connectivity index (χ2v) is 3.29. The van der Waals surface area contributed by atoms with E-state index in [1.54, 1.807) is 24.4 Å². The van der Waals surface area contributed by atoms with Gasteiger partial charge in [0.15, 0.2) is 0 Å². The molecule has 0 atom stereocenters. The van der Waals surface area contributed by atoms with Crippen molar-refractivity contribution in [3.05, 3.63) is 36.2 Å². The Morgan fingerprint density at radius 3 is 2.81 bits per heavy atom. The molecule has 0 bridgehead atoms. The quantitative estimate of drug-likeness (QED) is 0.558. The molecule has 0 saturated heterocycles.